The Morgan fingerprint density at radius 1 is 1.44 bits per heavy atom. The van der Waals surface area contributed by atoms with Crippen LogP contribution in [0.1, 0.15) is 37.0 Å². The quantitative estimate of drug-likeness (QED) is 0.893. The lowest BCUT2D eigenvalue weighted by atomic mass is 9.87. The highest BCUT2D eigenvalue weighted by atomic mass is 16.4. The van der Waals surface area contributed by atoms with Gasteiger partial charge in [-0.15, -0.1) is 0 Å². The molecule has 4 nitrogen and oxygen atoms in total. The van der Waals surface area contributed by atoms with E-state index in [1.165, 1.54) is 6.07 Å². The van der Waals surface area contributed by atoms with Crippen molar-refractivity contribution in [1.29, 1.82) is 0 Å². The van der Waals surface area contributed by atoms with E-state index in [9.17, 15) is 4.79 Å². The van der Waals surface area contributed by atoms with Crippen LogP contribution in [0, 0.1) is 11.8 Å². The van der Waals surface area contributed by atoms with Crippen molar-refractivity contribution >= 4 is 11.8 Å². The third kappa shape index (κ3) is 2.81. The number of pyridine rings is 1. The van der Waals surface area contributed by atoms with Gasteiger partial charge in [0.1, 0.15) is 5.82 Å². The standard InChI is InChI=1S/C14H20N2O2/c1-10(2)11-4-7-16(8-5-11)13-9-12(14(17)18)3-6-15-13/h3,6,9-11H,4-5,7-8H2,1-2H3,(H,17,18). The molecule has 1 aromatic rings. The van der Waals surface area contributed by atoms with Crippen molar-refractivity contribution in [3.8, 4) is 0 Å². The fourth-order valence-electron chi connectivity index (χ4n) is 2.52. The predicted octanol–water partition coefficient (Wildman–Crippen LogP) is 2.65. The lowest BCUT2D eigenvalue weighted by molar-refractivity contribution is 0.0697. The summed E-state index contributed by atoms with van der Waals surface area (Å²) in [7, 11) is 0. The van der Waals surface area contributed by atoms with Gasteiger partial charge in [0.2, 0.25) is 0 Å². The fourth-order valence-corrected chi connectivity index (χ4v) is 2.52. The van der Waals surface area contributed by atoms with E-state index in [4.69, 9.17) is 5.11 Å². The monoisotopic (exact) mass is 248 g/mol. The Morgan fingerprint density at radius 2 is 2.11 bits per heavy atom. The molecule has 1 N–H and O–H groups in total. The molecule has 98 valence electrons. The highest BCUT2D eigenvalue weighted by molar-refractivity contribution is 5.88. The second-order valence-electron chi connectivity index (χ2n) is 5.28. The van der Waals surface area contributed by atoms with E-state index in [0.717, 1.165) is 43.6 Å². The van der Waals surface area contributed by atoms with Gasteiger partial charge in [0.25, 0.3) is 0 Å². The van der Waals surface area contributed by atoms with Crippen molar-refractivity contribution in [2.75, 3.05) is 18.0 Å². The van der Waals surface area contributed by atoms with Crippen molar-refractivity contribution < 1.29 is 9.90 Å². The summed E-state index contributed by atoms with van der Waals surface area (Å²) >= 11 is 0. The Hall–Kier alpha value is -1.58. The minimum atomic E-state index is -0.893. The van der Waals surface area contributed by atoms with Gasteiger partial charge in [-0.1, -0.05) is 13.8 Å². The Kier molecular flexibility index (Phi) is 3.84. The molecule has 1 saturated heterocycles. The molecule has 0 unspecified atom stereocenters. The number of carboxylic acid groups (broad SMARTS) is 1. The lowest BCUT2D eigenvalue weighted by Gasteiger charge is -2.34. The number of nitrogens with zero attached hydrogens (tertiary/aromatic N) is 2. The average molecular weight is 248 g/mol. The Morgan fingerprint density at radius 3 is 2.67 bits per heavy atom. The number of piperidine rings is 1. The minimum Gasteiger partial charge on any atom is -0.478 e. The smallest absolute Gasteiger partial charge is 0.335 e. The van der Waals surface area contributed by atoms with E-state index in [0.29, 0.717) is 5.56 Å². The van der Waals surface area contributed by atoms with Crippen LogP contribution in [0.25, 0.3) is 0 Å². The van der Waals surface area contributed by atoms with Crippen LogP contribution in [-0.4, -0.2) is 29.1 Å². The maximum atomic E-state index is 10.9. The van der Waals surface area contributed by atoms with Crippen molar-refractivity contribution in [1.82, 2.24) is 4.98 Å². The number of hydrogen-bond donors (Lipinski definition) is 1. The molecule has 0 aromatic carbocycles. The minimum absolute atomic E-state index is 0.311. The number of carboxylic acids is 1. The molecule has 1 fully saturated rings. The molecule has 2 heterocycles. The average Bonchev–Trinajstić information content (AvgIpc) is 2.39. The molecule has 18 heavy (non-hydrogen) atoms. The number of hydrogen-bond acceptors (Lipinski definition) is 3. The summed E-state index contributed by atoms with van der Waals surface area (Å²) in [5.74, 6) is 1.40. The molecule has 0 aliphatic carbocycles. The molecule has 1 aromatic heterocycles. The molecular formula is C14H20N2O2. The Bertz CT molecular complexity index is 424. The summed E-state index contributed by atoms with van der Waals surface area (Å²) in [4.78, 5) is 17.4. The zero-order valence-corrected chi connectivity index (χ0v) is 11.0. The van der Waals surface area contributed by atoms with Gasteiger partial charge in [0.05, 0.1) is 5.56 Å². The van der Waals surface area contributed by atoms with E-state index in [2.05, 4.69) is 23.7 Å². The molecular weight excluding hydrogens is 228 g/mol. The van der Waals surface area contributed by atoms with Crippen molar-refractivity contribution in [2.45, 2.75) is 26.7 Å². The highest BCUT2D eigenvalue weighted by Gasteiger charge is 2.22. The molecule has 0 saturated carbocycles. The largest absolute Gasteiger partial charge is 0.478 e. The van der Waals surface area contributed by atoms with Crippen LogP contribution >= 0.6 is 0 Å². The van der Waals surface area contributed by atoms with Gasteiger partial charge in [-0.25, -0.2) is 9.78 Å². The summed E-state index contributed by atoms with van der Waals surface area (Å²) in [5, 5.41) is 8.98. The summed E-state index contributed by atoms with van der Waals surface area (Å²) in [5.41, 5.74) is 0.311. The molecule has 0 atom stereocenters. The Labute approximate surface area is 108 Å². The molecule has 2 rings (SSSR count). The summed E-state index contributed by atoms with van der Waals surface area (Å²) in [6.45, 7) is 6.48. The first-order valence-electron chi connectivity index (χ1n) is 6.52. The first-order valence-corrected chi connectivity index (χ1v) is 6.52. The van der Waals surface area contributed by atoms with Crippen LogP contribution in [0.15, 0.2) is 18.3 Å². The maximum Gasteiger partial charge on any atom is 0.335 e. The first kappa shape index (κ1) is 12.9. The third-order valence-electron chi connectivity index (χ3n) is 3.80. The van der Waals surface area contributed by atoms with Gasteiger partial charge < -0.3 is 10.0 Å². The number of anilines is 1. The van der Waals surface area contributed by atoms with Crippen LogP contribution in [0.3, 0.4) is 0 Å². The topological polar surface area (TPSA) is 53.4 Å². The van der Waals surface area contributed by atoms with Crippen LogP contribution in [-0.2, 0) is 0 Å². The van der Waals surface area contributed by atoms with E-state index < -0.39 is 5.97 Å². The van der Waals surface area contributed by atoms with E-state index in [-0.39, 0.29) is 0 Å². The molecule has 0 bridgehead atoms. The highest BCUT2D eigenvalue weighted by Crippen LogP contribution is 2.27. The molecule has 0 spiro atoms. The number of aromatic carboxylic acids is 1. The molecule has 4 heteroatoms. The Balaban J connectivity index is 2.05. The number of rotatable bonds is 3. The lowest BCUT2D eigenvalue weighted by Crippen LogP contribution is -2.35. The third-order valence-corrected chi connectivity index (χ3v) is 3.80. The zero-order chi connectivity index (χ0) is 13.1. The normalized spacial score (nSPS) is 17.2. The van der Waals surface area contributed by atoms with Gasteiger partial charge in [0, 0.05) is 19.3 Å². The van der Waals surface area contributed by atoms with E-state index in [1.54, 1.807) is 12.3 Å². The fraction of sp³-hybridized carbons (Fsp3) is 0.571. The van der Waals surface area contributed by atoms with Crippen LogP contribution in [0.2, 0.25) is 0 Å². The predicted molar refractivity (Wildman–Crippen MR) is 71.0 cm³/mol. The van der Waals surface area contributed by atoms with E-state index >= 15 is 0 Å². The number of carbonyl (C=O) groups is 1. The van der Waals surface area contributed by atoms with Crippen LogP contribution in [0.5, 0.6) is 0 Å². The summed E-state index contributed by atoms with van der Waals surface area (Å²) in [6, 6.07) is 3.20. The van der Waals surface area contributed by atoms with Crippen LogP contribution < -0.4 is 4.90 Å². The maximum absolute atomic E-state index is 10.9. The number of aromatic nitrogens is 1. The van der Waals surface area contributed by atoms with Gasteiger partial charge >= 0.3 is 5.97 Å². The molecule has 0 amide bonds. The zero-order valence-electron chi connectivity index (χ0n) is 11.0. The van der Waals surface area contributed by atoms with E-state index in [1.807, 2.05) is 0 Å². The van der Waals surface area contributed by atoms with Gasteiger partial charge in [0.15, 0.2) is 0 Å². The van der Waals surface area contributed by atoms with Crippen molar-refractivity contribution in [2.24, 2.45) is 11.8 Å². The van der Waals surface area contributed by atoms with Crippen molar-refractivity contribution in [3.63, 3.8) is 0 Å². The second-order valence-corrected chi connectivity index (χ2v) is 5.28. The van der Waals surface area contributed by atoms with Gasteiger partial charge in [-0.3, -0.25) is 0 Å². The second kappa shape index (κ2) is 5.38. The molecule has 1 aliphatic rings. The SMILES string of the molecule is CC(C)C1CCN(c2cc(C(=O)O)ccn2)CC1. The summed E-state index contributed by atoms with van der Waals surface area (Å²) < 4.78 is 0. The van der Waals surface area contributed by atoms with Crippen molar-refractivity contribution in [3.05, 3.63) is 23.9 Å². The molecule has 1 aliphatic heterocycles. The van der Waals surface area contributed by atoms with Crippen LogP contribution in [0.4, 0.5) is 5.82 Å². The summed E-state index contributed by atoms with van der Waals surface area (Å²) in [6.07, 6.45) is 3.90. The van der Waals surface area contributed by atoms with Gasteiger partial charge in [-0.05, 0) is 36.8 Å². The molecule has 0 radical (unpaired) electrons. The first-order chi connectivity index (χ1) is 8.58. The van der Waals surface area contributed by atoms with Gasteiger partial charge in [-0.2, -0.15) is 0 Å².